The standard InChI is InChI=1S/C8H16O2Si2/c1-7(9)11(3)5-12(4,6-11)8(2)10/h5-6H2,1-4H3. The molecule has 12 heavy (non-hydrogen) atoms. The first-order valence-corrected chi connectivity index (χ1v) is 10.2. The third-order valence-corrected chi connectivity index (χ3v) is 19.1. The molecule has 1 fully saturated rings. The second-order valence-corrected chi connectivity index (χ2v) is 15.1. The molecular formula is C8H16O2Si2. The van der Waals surface area contributed by atoms with Crippen molar-refractivity contribution in [2.45, 2.75) is 38.3 Å². The van der Waals surface area contributed by atoms with Crippen molar-refractivity contribution in [1.29, 1.82) is 0 Å². The van der Waals surface area contributed by atoms with E-state index in [1.807, 2.05) is 0 Å². The van der Waals surface area contributed by atoms with Crippen LogP contribution in [-0.2, 0) is 9.59 Å². The van der Waals surface area contributed by atoms with Crippen LogP contribution in [0.5, 0.6) is 0 Å². The maximum Gasteiger partial charge on any atom is 0.125 e. The van der Waals surface area contributed by atoms with E-state index in [1.165, 1.54) is 0 Å². The van der Waals surface area contributed by atoms with Crippen molar-refractivity contribution in [3.63, 3.8) is 0 Å². The van der Waals surface area contributed by atoms with Gasteiger partial charge >= 0.3 is 0 Å². The third-order valence-electron chi connectivity index (χ3n) is 3.26. The highest BCUT2D eigenvalue weighted by atomic mass is 28.5. The first kappa shape index (κ1) is 9.86. The topological polar surface area (TPSA) is 34.1 Å². The van der Waals surface area contributed by atoms with Crippen LogP contribution >= 0.6 is 0 Å². The van der Waals surface area contributed by atoms with Crippen molar-refractivity contribution in [2.75, 3.05) is 0 Å². The molecule has 1 rings (SSSR count). The van der Waals surface area contributed by atoms with Gasteiger partial charge in [-0.1, -0.05) is 13.1 Å². The van der Waals surface area contributed by atoms with Gasteiger partial charge < -0.3 is 9.59 Å². The molecule has 0 radical (unpaired) electrons. The highest BCUT2D eigenvalue weighted by Crippen LogP contribution is 2.40. The second-order valence-electron chi connectivity index (χ2n) is 4.59. The highest BCUT2D eigenvalue weighted by molar-refractivity contribution is 7.33. The minimum atomic E-state index is -1.57. The summed E-state index contributed by atoms with van der Waals surface area (Å²) in [6.45, 7) is 7.63. The lowest BCUT2D eigenvalue weighted by Crippen LogP contribution is -2.66. The predicted octanol–water partition coefficient (Wildman–Crippen LogP) is 1.49. The first-order chi connectivity index (χ1) is 5.30. The molecule has 0 bridgehead atoms. The molecule has 0 aromatic rings. The van der Waals surface area contributed by atoms with E-state index in [4.69, 9.17) is 0 Å². The molecule has 68 valence electrons. The molecule has 1 aliphatic heterocycles. The zero-order valence-electron chi connectivity index (χ0n) is 8.23. The van der Waals surface area contributed by atoms with E-state index in [1.54, 1.807) is 13.8 Å². The van der Waals surface area contributed by atoms with Gasteiger partial charge in [-0.05, 0) is 25.2 Å². The average molecular weight is 200 g/mol. The average Bonchev–Trinajstić information content (AvgIpc) is 1.83. The number of hydrogen-bond donors (Lipinski definition) is 0. The molecular weight excluding hydrogens is 184 g/mol. The lowest BCUT2D eigenvalue weighted by atomic mass is 10.9. The maximum atomic E-state index is 11.2. The van der Waals surface area contributed by atoms with E-state index < -0.39 is 16.1 Å². The summed E-state index contributed by atoms with van der Waals surface area (Å²) in [4.78, 5) is 22.5. The number of hydrogen-bond acceptors (Lipinski definition) is 2. The maximum absolute atomic E-state index is 11.2. The molecule has 2 nitrogen and oxygen atoms in total. The summed E-state index contributed by atoms with van der Waals surface area (Å²) in [6.07, 6.45) is 0. The minimum Gasteiger partial charge on any atom is -0.306 e. The zero-order chi connectivity index (χ0) is 9.57. The van der Waals surface area contributed by atoms with Crippen LogP contribution in [0.4, 0.5) is 0 Å². The Kier molecular flexibility index (Phi) is 2.16. The van der Waals surface area contributed by atoms with Crippen LogP contribution in [0.1, 0.15) is 13.8 Å². The van der Waals surface area contributed by atoms with Gasteiger partial charge in [-0.25, -0.2) is 0 Å². The van der Waals surface area contributed by atoms with Crippen LogP contribution in [0.2, 0.25) is 24.4 Å². The fourth-order valence-electron chi connectivity index (χ4n) is 2.17. The molecule has 0 spiro atoms. The molecule has 0 aliphatic carbocycles. The molecule has 0 aromatic heterocycles. The summed E-state index contributed by atoms with van der Waals surface area (Å²) < 4.78 is 0. The molecule has 4 heteroatoms. The molecule has 0 N–H and O–H groups in total. The normalized spacial score (nSPS) is 40.3. The summed E-state index contributed by atoms with van der Waals surface area (Å²) in [5, 5.41) is 0.766. The first-order valence-electron chi connectivity index (χ1n) is 4.32. The van der Waals surface area contributed by atoms with Gasteiger partial charge in [0.2, 0.25) is 0 Å². The molecule has 1 aliphatic rings. The SMILES string of the molecule is CC(=O)[Si]1(C)C[Si](C)(C(C)=O)C1. The van der Waals surface area contributed by atoms with Crippen LogP contribution in [0, 0.1) is 0 Å². The quantitative estimate of drug-likeness (QED) is 0.633. The summed E-state index contributed by atoms with van der Waals surface area (Å²) in [5.74, 6) is 0. The van der Waals surface area contributed by atoms with E-state index in [9.17, 15) is 9.59 Å². The van der Waals surface area contributed by atoms with Gasteiger partial charge in [-0.2, -0.15) is 0 Å². The van der Waals surface area contributed by atoms with E-state index in [-0.39, 0.29) is 0 Å². The molecule has 0 saturated carbocycles. The van der Waals surface area contributed by atoms with Crippen molar-refractivity contribution in [2.24, 2.45) is 0 Å². The Morgan fingerprint density at radius 2 is 1.17 bits per heavy atom. The molecule has 0 amide bonds. The van der Waals surface area contributed by atoms with Crippen LogP contribution in [-0.4, -0.2) is 27.0 Å². The Morgan fingerprint density at radius 3 is 1.33 bits per heavy atom. The van der Waals surface area contributed by atoms with Gasteiger partial charge in [0, 0.05) is 0 Å². The Bertz CT molecular complexity index is 217. The summed E-state index contributed by atoms with van der Waals surface area (Å²) >= 11 is 0. The molecule has 0 atom stereocenters. The summed E-state index contributed by atoms with van der Waals surface area (Å²) in [6, 6.07) is 0. The highest BCUT2D eigenvalue weighted by Gasteiger charge is 2.57. The van der Waals surface area contributed by atoms with E-state index in [0.717, 1.165) is 11.3 Å². The van der Waals surface area contributed by atoms with Gasteiger partial charge in [-0.3, -0.25) is 0 Å². The molecule has 1 saturated heterocycles. The summed E-state index contributed by atoms with van der Waals surface area (Å²) in [5.41, 5.74) is 2.01. The van der Waals surface area contributed by atoms with Crippen molar-refractivity contribution in [3.8, 4) is 0 Å². The monoisotopic (exact) mass is 200 g/mol. The molecule has 1 heterocycles. The largest absolute Gasteiger partial charge is 0.306 e. The fourth-order valence-corrected chi connectivity index (χ4v) is 19.5. The van der Waals surface area contributed by atoms with Crippen molar-refractivity contribution < 1.29 is 9.59 Å². The number of carbonyl (C=O) groups is 2. The zero-order valence-corrected chi connectivity index (χ0v) is 10.2. The Morgan fingerprint density at radius 1 is 0.917 bits per heavy atom. The lowest BCUT2D eigenvalue weighted by molar-refractivity contribution is -0.111. The van der Waals surface area contributed by atoms with Crippen molar-refractivity contribution in [1.82, 2.24) is 0 Å². The van der Waals surface area contributed by atoms with Gasteiger partial charge in [-0.15, -0.1) is 0 Å². The van der Waals surface area contributed by atoms with Gasteiger partial charge in [0.15, 0.2) is 0 Å². The fraction of sp³-hybridized carbons (Fsp3) is 0.750. The Labute approximate surface area is 75.4 Å². The van der Waals surface area contributed by atoms with Crippen molar-refractivity contribution in [3.05, 3.63) is 0 Å². The smallest absolute Gasteiger partial charge is 0.125 e. The van der Waals surface area contributed by atoms with E-state index in [2.05, 4.69) is 13.1 Å². The second kappa shape index (κ2) is 2.63. The minimum absolute atomic E-state index is 0.383. The van der Waals surface area contributed by atoms with E-state index >= 15 is 0 Å². The Hall–Kier alpha value is -0.226. The molecule has 0 aromatic carbocycles. The van der Waals surface area contributed by atoms with Crippen molar-refractivity contribution >= 4 is 27.0 Å². The summed E-state index contributed by atoms with van der Waals surface area (Å²) in [7, 11) is -3.14. The number of carbonyl (C=O) groups excluding carboxylic acids is 2. The third kappa shape index (κ3) is 1.33. The predicted molar refractivity (Wildman–Crippen MR) is 54.2 cm³/mol. The van der Waals surface area contributed by atoms with E-state index in [0.29, 0.717) is 10.8 Å². The van der Waals surface area contributed by atoms with Gasteiger partial charge in [0.05, 0.1) is 0 Å². The molecule has 0 unspecified atom stereocenters. The van der Waals surface area contributed by atoms with Gasteiger partial charge in [0.25, 0.3) is 0 Å². The van der Waals surface area contributed by atoms with Crippen LogP contribution in [0.3, 0.4) is 0 Å². The Balaban J connectivity index is 2.68. The number of rotatable bonds is 2. The lowest BCUT2D eigenvalue weighted by Gasteiger charge is -2.46. The van der Waals surface area contributed by atoms with Gasteiger partial charge in [0.1, 0.15) is 27.0 Å². The van der Waals surface area contributed by atoms with Crippen LogP contribution in [0.25, 0.3) is 0 Å². The van der Waals surface area contributed by atoms with Crippen LogP contribution in [0.15, 0.2) is 0 Å². The van der Waals surface area contributed by atoms with Crippen LogP contribution < -0.4 is 0 Å².